The Kier molecular flexibility index (Phi) is 4.99. The van der Waals surface area contributed by atoms with Crippen molar-refractivity contribution >= 4 is 18.6 Å². The van der Waals surface area contributed by atoms with Crippen LogP contribution in [0.15, 0.2) is 54.6 Å². The predicted molar refractivity (Wildman–Crippen MR) is 73.4 cm³/mol. The first-order chi connectivity index (χ1) is 8.99. The van der Waals surface area contributed by atoms with Crippen LogP contribution in [-0.4, -0.2) is 4.92 Å². The van der Waals surface area contributed by atoms with Gasteiger partial charge in [-0.05, 0) is 24.3 Å². The summed E-state index contributed by atoms with van der Waals surface area (Å²) in [5.74, 6) is 0.0350. The zero-order valence-electron chi connectivity index (χ0n) is 10.6. The summed E-state index contributed by atoms with van der Waals surface area (Å²) < 4.78 is 16.8. The maximum absolute atomic E-state index is 11.9. The van der Waals surface area contributed by atoms with Gasteiger partial charge in [-0.15, -0.1) is 0 Å². The van der Waals surface area contributed by atoms with Crippen molar-refractivity contribution in [3.63, 3.8) is 0 Å². The number of benzene rings is 2. The molecule has 2 aromatic carbocycles. The zero-order valence-corrected chi connectivity index (χ0v) is 11.5. The highest BCUT2D eigenvalue weighted by Crippen LogP contribution is 2.37. The topological polar surface area (TPSA) is 129 Å². The van der Waals surface area contributed by atoms with Crippen LogP contribution >= 0.6 is 7.60 Å². The van der Waals surface area contributed by atoms with E-state index in [0.717, 1.165) is 0 Å². The van der Waals surface area contributed by atoms with E-state index in [2.05, 4.69) is 0 Å². The number of nitro groups is 1. The maximum atomic E-state index is 11.9. The van der Waals surface area contributed by atoms with Gasteiger partial charge >= 0.3 is 0 Å². The van der Waals surface area contributed by atoms with E-state index < -0.39 is 12.5 Å². The van der Waals surface area contributed by atoms with Crippen LogP contribution in [-0.2, 0) is 4.57 Å². The van der Waals surface area contributed by atoms with E-state index in [4.69, 9.17) is 4.52 Å². The Balaban J connectivity index is 0.00000200. The Morgan fingerprint density at radius 3 is 2.05 bits per heavy atom. The van der Waals surface area contributed by atoms with Gasteiger partial charge in [0.15, 0.2) is 0 Å². The molecule has 8 heteroatoms. The summed E-state index contributed by atoms with van der Waals surface area (Å²) >= 11 is 0. The zero-order chi connectivity index (χ0) is 13.9. The monoisotopic (exact) mass is 296 g/mol. The minimum Gasteiger partial charge on any atom is -0.765 e. The minimum atomic E-state index is -4.23. The molecule has 0 radical (unpaired) electrons. The molecule has 0 fully saturated rings. The van der Waals surface area contributed by atoms with Gasteiger partial charge in [0, 0.05) is 17.4 Å². The van der Waals surface area contributed by atoms with Crippen LogP contribution in [0, 0.1) is 10.1 Å². The number of nitro benzene ring substituents is 1. The van der Waals surface area contributed by atoms with Gasteiger partial charge in [0.05, 0.1) is 4.92 Å². The molecule has 0 aromatic heterocycles. The number of quaternary nitrogens is 1. The van der Waals surface area contributed by atoms with Crippen LogP contribution in [0.1, 0.15) is 0 Å². The Morgan fingerprint density at radius 2 is 1.55 bits per heavy atom. The summed E-state index contributed by atoms with van der Waals surface area (Å²) in [5.41, 5.74) is -0.132. The highest BCUT2D eigenvalue weighted by atomic mass is 31.2. The SMILES string of the molecule is O=[N+]([O-])c1ccc(OP(=O)([O-])c2ccccc2)cc1.[NH4+]. The van der Waals surface area contributed by atoms with Gasteiger partial charge in [-0.3, -0.25) is 14.7 Å². The Hall–Kier alpha value is -2.21. The lowest BCUT2D eigenvalue weighted by Crippen LogP contribution is -2.19. The molecule has 0 bridgehead atoms. The highest BCUT2D eigenvalue weighted by molar-refractivity contribution is 7.60. The van der Waals surface area contributed by atoms with Crippen molar-refractivity contribution in [1.29, 1.82) is 0 Å². The number of nitrogens with zero attached hydrogens (tertiary/aromatic N) is 1. The third kappa shape index (κ3) is 3.64. The molecule has 1 atom stereocenters. The van der Waals surface area contributed by atoms with Crippen LogP contribution < -0.4 is 20.9 Å². The molecule has 2 rings (SSSR count). The summed E-state index contributed by atoms with van der Waals surface area (Å²) in [7, 11) is -4.23. The average molecular weight is 296 g/mol. The molecular formula is C12H13N2O5P. The fraction of sp³-hybridized carbons (Fsp3) is 0. The van der Waals surface area contributed by atoms with Crippen molar-refractivity contribution in [2.24, 2.45) is 0 Å². The van der Waals surface area contributed by atoms with Crippen LogP contribution in [0.25, 0.3) is 0 Å². The van der Waals surface area contributed by atoms with Gasteiger partial charge in [-0.1, -0.05) is 18.2 Å². The summed E-state index contributed by atoms with van der Waals surface area (Å²) in [6, 6.07) is 12.5. The molecule has 0 amide bonds. The average Bonchev–Trinajstić information content (AvgIpc) is 2.40. The number of non-ortho nitro benzene ring substituents is 1. The summed E-state index contributed by atoms with van der Waals surface area (Å²) in [6.45, 7) is 0. The van der Waals surface area contributed by atoms with Crippen LogP contribution in [0.4, 0.5) is 5.69 Å². The Morgan fingerprint density at radius 1 is 1.00 bits per heavy atom. The first-order valence-electron chi connectivity index (χ1n) is 5.30. The lowest BCUT2D eigenvalue weighted by Gasteiger charge is -2.24. The standard InChI is InChI=1S/C12H10NO5P.H3N/c14-13(15)10-6-8-11(9-7-10)18-19(16,17)12-4-2-1-3-5-12;/h1-9H,(H,16,17);1H3. The summed E-state index contributed by atoms with van der Waals surface area (Å²) in [4.78, 5) is 21.8. The molecule has 0 heterocycles. The van der Waals surface area contributed by atoms with Gasteiger partial charge in [0.2, 0.25) is 7.60 Å². The molecule has 0 saturated carbocycles. The first-order valence-corrected chi connectivity index (χ1v) is 6.84. The molecule has 0 saturated heterocycles. The van der Waals surface area contributed by atoms with Crippen molar-refractivity contribution in [2.75, 3.05) is 0 Å². The third-order valence-corrected chi connectivity index (χ3v) is 3.73. The smallest absolute Gasteiger partial charge is 0.269 e. The van der Waals surface area contributed by atoms with Gasteiger partial charge in [0.1, 0.15) is 5.75 Å². The molecule has 20 heavy (non-hydrogen) atoms. The van der Waals surface area contributed by atoms with Crippen LogP contribution in [0.3, 0.4) is 0 Å². The Bertz CT molecular complexity index is 630. The quantitative estimate of drug-likeness (QED) is 0.525. The normalized spacial score (nSPS) is 12.8. The van der Waals surface area contributed by atoms with E-state index in [1.54, 1.807) is 18.2 Å². The van der Waals surface area contributed by atoms with Gasteiger partial charge in [-0.25, -0.2) is 0 Å². The van der Waals surface area contributed by atoms with E-state index >= 15 is 0 Å². The van der Waals surface area contributed by atoms with Gasteiger partial charge in [0.25, 0.3) is 5.69 Å². The summed E-state index contributed by atoms with van der Waals surface area (Å²) in [6.07, 6.45) is 0. The second-order valence-corrected chi connectivity index (χ2v) is 5.37. The molecule has 7 nitrogen and oxygen atoms in total. The molecule has 4 N–H and O–H groups in total. The fourth-order valence-electron chi connectivity index (χ4n) is 1.43. The highest BCUT2D eigenvalue weighted by Gasteiger charge is 2.14. The van der Waals surface area contributed by atoms with E-state index in [1.165, 1.54) is 36.4 Å². The van der Waals surface area contributed by atoms with E-state index in [0.29, 0.717) is 0 Å². The van der Waals surface area contributed by atoms with E-state index in [-0.39, 0.29) is 22.9 Å². The van der Waals surface area contributed by atoms with Crippen molar-refractivity contribution in [3.8, 4) is 5.75 Å². The predicted octanol–water partition coefficient (Wildman–Crippen LogP) is 2.23. The molecule has 106 valence electrons. The molecule has 0 aliphatic rings. The lowest BCUT2D eigenvalue weighted by atomic mass is 10.3. The fourth-order valence-corrected chi connectivity index (χ4v) is 2.47. The van der Waals surface area contributed by atoms with Gasteiger partial charge < -0.3 is 15.6 Å². The molecule has 0 aliphatic carbocycles. The first kappa shape index (κ1) is 15.8. The van der Waals surface area contributed by atoms with Crippen molar-refractivity contribution in [2.45, 2.75) is 0 Å². The lowest BCUT2D eigenvalue weighted by molar-refractivity contribution is -0.384. The Labute approximate surface area is 115 Å². The third-order valence-electron chi connectivity index (χ3n) is 2.35. The molecule has 2 aromatic rings. The second-order valence-electron chi connectivity index (χ2n) is 3.68. The minimum absolute atomic E-state index is 0. The second kappa shape index (κ2) is 6.29. The summed E-state index contributed by atoms with van der Waals surface area (Å²) in [5, 5.41) is 10.5. The molecular weight excluding hydrogens is 283 g/mol. The largest absolute Gasteiger partial charge is 0.765 e. The van der Waals surface area contributed by atoms with Crippen molar-refractivity contribution < 1.29 is 18.9 Å². The number of rotatable bonds is 4. The van der Waals surface area contributed by atoms with Gasteiger partial charge in [-0.2, -0.15) is 0 Å². The van der Waals surface area contributed by atoms with Crippen LogP contribution in [0.5, 0.6) is 5.75 Å². The van der Waals surface area contributed by atoms with Crippen molar-refractivity contribution in [3.05, 3.63) is 64.7 Å². The molecule has 0 aliphatic heterocycles. The maximum Gasteiger partial charge on any atom is 0.269 e. The van der Waals surface area contributed by atoms with E-state index in [1.807, 2.05) is 0 Å². The molecule has 1 unspecified atom stereocenters. The van der Waals surface area contributed by atoms with E-state index in [9.17, 15) is 19.6 Å². The number of hydrogen-bond acceptors (Lipinski definition) is 5. The number of hydrogen-bond donors (Lipinski definition) is 1. The molecule has 0 spiro atoms. The van der Waals surface area contributed by atoms with Crippen LogP contribution in [0.2, 0.25) is 0 Å². The van der Waals surface area contributed by atoms with Crippen molar-refractivity contribution in [1.82, 2.24) is 6.15 Å².